The summed E-state index contributed by atoms with van der Waals surface area (Å²) in [4.78, 5) is 0. The van der Waals surface area contributed by atoms with Crippen LogP contribution in [0, 0.1) is 6.92 Å². The lowest BCUT2D eigenvalue weighted by Crippen LogP contribution is -2.26. The smallest absolute Gasteiger partial charge is 0.423 e. The predicted molar refractivity (Wildman–Crippen MR) is 61.4 cm³/mol. The van der Waals surface area contributed by atoms with E-state index in [4.69, 9.17) is 21.6 Å². The molecule has 0 aliphatic heterocycles. The first-order valence-electron chi connectivity index (χ1n) is 4.13. The summed E-state index contributed by atoms with van der Waals surface area (Å²) in [6.45, 7) is 1.95. The van der Waals surface area contributed by atoms with E-state index in [1.165, 1.54) is 11.3 Å². The van der Waals surface area contributed by atoms with E-state index in [1.807, 2.05) is 19.1 Å². The van der Waals surface area contributed by atoms with Crippen LogP contribution in [0.4, 0.5) is 0 Å². The summed E-state index contributed by atoms with van der Waals surface area (Å²) in [6.07, 6.45) is 0. The van der Waals surface area contributed by atoms with Crippen molar-refractivity contribution in [2.75, 3.05) is 0 Å². The second kappa shape index (κ2) is 3.55. The van der Waals surface area contributed by atoms with Gasteiger partial charge in [-0.2, -0.15) is 0 Å². The molecular formula is C9H8BClO2S. The van der Waals surface area contributed by atoms with Crippen molar-refractivity contribution in [2.24, 2.45) is 0 Å². The molecule has 0 aliphatic rings. The van der Waals surface area contributed by atoms with Crippen LogP contribution in [0.2, 0.25) is 5.02 Å². The van der Waals surface area contributed by atoms with E-state index in [1.54, 1.807) is 6.07 Å². The van der Waals surface area contributed by atoms with Crippen molar-refractivity contribution >= 4 is 44.9 Å². The van der Waals surface area contributed by atoms with Crippen molar-refractivity contribution in [3.63, 3.8) is 0 Å². The van der Waals surface area contributed by atoms with Crippen molar-refractivity contribution in [3.8, 4) is 0 Å². The van der Waals surface area contributed by atoms with Crippen molar-refractivity contribution in [2.45, 2.75) is 6.92 Å². The first kappa shape index (κ1) is 9.99. The minimum absolute atomic E-state index is 0.547. The second-order valence-corrected chi connectivity index (χ2v) is 4.71. The molecular weight excluding hydrogens is 218 g/mol. The van der Waals surface area contributed by atoms with Gasteiger partial charge in [-0.25, -0.2) is 0 Å². The van der Waals surface area contributed by atoms with Crippen LogP contribution >= 0.6 is 22.9 Å². The fourth-order valence-electron chi connectivity index (χ4n) is 1.42. The Labute approximate surface area is 90.9 Å². The number of hydrogen-bond donors (Lipinski definition) is 2. The molecule has 0 saturated heterocycles. The topological polar surface area (TPSA) is 40.5 Å². The molecule has 1 heterocycles. The molecule has 0 atom stereocenters. The Balaban J connectivity index is 2.70. The normalized spacial score (nSPS) is 10.9. The van der Waals surface area contributed by atoms with Gasteiger partial charge in [0, 0.05) is 14.5 Å². The molecule has 1 aromatic heterocycles. The first-order chi connectivity index (χ1) is 6.58. The maximum Gasteiger partial charge on any atom is 0.499 e. The van der Waals surface area contributed by atoms with Crippen LogP contribution in [0.15, 0.2) is 18.2 Å². The van der Waals surface area contributed by atoms with Gasteiger partial charge in [-0.15, -0.1) is 11.3 Å². The zero-order valence-corrected chi connectivity index (χ0v) is 9.06. The van der Waals surface area contributed by atoms with Gasteiger partial charge < -0.3 is 10.0 Å². The molecule has 0 amide bonds. The van der Waals surface area contributed by atoms with Gasteiger partial charge in [-0.1, -0.05) is 11.6 Å². The quantitative estimate of drug-likeness (QED) is 0.724. The van der Waals surface area contributed by atoms with Crippen LogP contribution in [-0.2, 0) is 0 Å². The van der Waals surface area contributed by atoms with E-state index in [-0.39, 0.29) is 0 Å². The van der Waals surface area contributed by atoms with Crippen LogP contribution in [0.5, 0.6) is 0 Å². The van der Waals surface area contributed by atoms with Gasteiger partial charge in [-0.3, -0.25) is 0 Å². The molecule has 2 aromatic rings. The van der Waals surface area contributed by atoms with Gasteiger partial charge in [0.05, 0.1) is 0 Å². The molecule has 0 saturated carbocycles. The number of benzene rings is 1. The summed E-state index contributed by atoms with van der Waals surface area (Å²) in [5.41, 5.74) is 1.05. The maximum absolute atomic E-state index is 9.02. The summed E-state index contributed by atoms with van der Waals surface area (Å²) in [7, 11) is -1.40. The second-order valence-electron chi connectivity index (χ2n) is 3.16. The predicted octanol–water partition coefficient (Wildman–Crippen LogP) is 1.54. The Morgan fingerprint density at radius 3 is 2.64 bits per heavy atom. The van der Waals surface area contributed by atoms with E-state index in [2.05, 4.69) is 0 Å². The molecule has 0 unspecified atom stereocenters. The van der Waals surface area contributed by atoms with E-state index in [9.17, 15) is 0 Å². The molecule has 14 heavy (non-hydrogen) atoms. The Morgan fingerprint density at radius 2 is 2.00 bits per heavy atom. The van der Waals surface area contributed by atoms with Gasteiger partial charge in [-0.05, 0) is 36.1 Å². The lowest BCUT2D eigenvalue weighted by atomic mass is 9.89. The minimum atomic E-state index is -1.40. The van der Waals surface area contributed by atoms with E-state index in [0.717, 1.165) is 15.6 Å². The van der Waals surface area contributed by atoms with E-state index >= 15 is 0 Å². The molecule has 0 aliphatic carbocycles. The van der Waals surface area contributed by atoms with Crippen LogP contribution < -0.4 is 4.78 Å². The Bertz CT molecular complexity index is 481. The summed E-state index contributed by atoms with van der Waals surface area (Å²) < 4.78 is 1.53. The Morgan fingerprint density at radius 1 is 1.29 bits per heavy atom. The van der Waals surface area contributed by atoms with Crippen LogP contribution in [0.25, 0.3) is 10.1 Å². The molecule has 2 N–H and O–H groups in total. The minimum Gasteiger partial charge on any atom is -0.423 e. The highest BCUT2D eigenvalue weighted by molar-refractivity contribution is 7.27. The third-order valence-corrected chi connectivity index (χ3v) is 3.42. The van der Waals surface area contributed by atoms with E-state index < -0.39 is 7.12 Å². The molecule has 0 spiro atoms. The van der Waals surface area contributed by atoms with Gasteiger partial charge in [0.25, 0.3) is 0 Å². The zero-order valence-electron chi connectivity index (χ0n) is 7.49. The fourth-order valence-corrected chi connectivity index (χ4v) is 2.81. The molecule has 72 valence electrons. The fraction of sp³-hybridized carbons (Fsp3) is 0.111. The van der Waals surface area contributed by atoms with Gasteiger partial charge in [0.15, 0.2) is 0 Å². The maximum atomic E-state index is 9.02. The largest absolute Gasteiger partial charge is 0.499 e. The molecule has 2 nitrogen and oxygen atoms in total. The average molecular weight is 226 g/mol. The Hall–Kier alpha value is -0.545. The van der Waals surface area contributed by atoms with Gasteiger partial charge >= 0.3 is 7.12 Å². The third-order valence-electron chi connectivity index (χ3n) is 2.08. The van der Waals surface area contributed by atoms with Crippen molar-refractivity contribution < 1.29 is 10.0 Å². The molecule has 0 radical (unpaired) electrons. The number of rotatable bonds is 1. The Kier molecular flexibility index (Phi) is 2.53. The molecule has 5 heteroatoms. The summed E-state index contributed by atoms with van der Waals surface area (Å²) in [6, 6.07) is 5.49. The summed E-state index contributed by atoms with van der Waals surface area (Å²) in [5, 5.41) is 19.7. The lowest BCUT2D eigenvalue weighted by Gasteiger charge is -1.95. The van der Waals surface area contributed by atoms with Gasteiger partial charge in [0.1, 0.15) is 0 Å². The number of thiophene rings is 1. The lowest BCUT2D eigenvalue weighted by molar-refractivity contribution is 0.427. The van der Waals surface area contributed by atoms with E-state index in [0.29, 0.717) is 9.80 Å². The average Bonchev–Trinajstić information content (AvgIpc) is 2.47. The number of halogens is 1. The SMILES string of the molecule is Cc1cc(Cl)cc2sc(B(O)O)cc12. The first-order valence-corrected chi connectivity index (χ1v) is 5.33. The number of hydrogen-bond acceptors (Lipinski definition) is 3. The van der Waals surface area contributed by atoms with Crippen molar-refractivity contribution in [1.29, 1.82) is 0 Å². The van der Waals surface area contributed by atoms with Crippen LogP contribution in [0.1, 0.15) is 5.56 Å². The molecule has 2 rings (SSSR count). The highest BCUT2D eigenvalue weighted by atomic mass is 35.5. The van der Waals surface area contributed by atoms with Crippen molar-refractivity contribution in [3.05, 3.63) is 28.8 Å². The number of fused-ring (bicyclic) bond motifs is 1. The highest BCUT2D eigenvalue weighted by Gasteiger charge is 2.15. The number of aryl methyl sites for hydroxylation is 1. The third kappa shape index (κ3) is 1.66. The summed E-state index contributed by atoms with van der Waals surface area (Å²) in [5.74, 6) is 0. The van der Waals surface area contributed by atoms with Crippen molar-refractivity contribution in [1.82, 2.24) is 0 Å². The monoisotopic (exact) mass is 226 g/mol. The molecule has 0 fully saturated rings. The molecule has 1 aromatic carbocycles. The summed E-state index contributed by atoms with van der Waals surface area (Å²) >= 11 is 7.24. The zero-order chi connectivity index (χ0) is 10.3. The van der Waals surface area contributed by atoms with Crippen LogP contribution in [0.3, 0.4) is 0 Å². The van der Waals surface area contributed by atoms with Gasteiger partial charge in [0.2, 0.25) is 0 Å². The molecule has 0 bridgehead atoms. The standard InChI is InChI=1S/C9H8BClO2S/c1-5-2-6(11)3-8-7(5)4-9(14-8)10(12)13/h2-4,12-13H,1H3. The van der Waals surface area contributed by atoms with Crippen LogP contribution in [-0.4, -0.2) is 17.2 Å². The highest BCUT2D eigenvalue weighted by Crippen LogP contribution is 2.26.